The van der Waals surface area contributed by atoms with Crippen LogP contribution in [0.5, 0.6) is 0 Å². The molecule has 0 amide bonds. The molecule has 0 aliphatic carbocycles. The van der Waals surface area contributed by atoms with E-state index in [1.165, 1.54) is 16.7 Å². The quantitative estimate of drug-likeness (QED) is 0.631. The average Bonchev–Trinajstić information content (AvgIpc) is 2.71. The molecule has 1 fully saturated rings. The summed E-state index contributed by atoms with van der Waals surface area (Å²) in [5, 5.41) is 12.5. The van der Waals surface area contributed by atoms with Crippen LogP contribution in [0.2, 0.25) is 0 Å². The maximum Gasteiger partial charge on any atom is 0.308 e. The molecule has 0 saturated carbocycles. The summed E-state index contributed by atoms with van der Waals surface area (Å²) in [5.74, 6) is -0.539. The fourth-order valence-corrected chi connectivity index (χ4v) is 3.95. The fourth-order valence-electron chi connectivity index (χ4n) is 3.95. The number of benzene rings is 2. The van der Waals surface area contributed by atoms with Crippen molar-refractivity contribution in [2.24, 2.45) is 11.8 Å². The van der Waals surface area contributed by atoms with Crippen molar-refractivity contribution in [3.8, 4) is 11.1 Å². The molecule has 2 aromatic carbocycles. The van der Waals surface area contributed by atoms with Gasteiger partial charge in [0.25, 0.3) is 0 Å². The van der Waals surface area contributed by atoms with Crippen molar-refractivity contribution in [2.45, 2.75) is 32.1 Å². The Morgan fingerprint density at radius 1 is 1.07 bits per heavy atom. The van der Waals surface area contributed by atoms with Crippen molar-refractivity contribution < 1.29 is 9.90 Å². The monoisotopic (exact) mass is 363 g/mol. The van der Waals surface area contributed by atoms with E-state index in [1.54, 1.807) is 0 Å². The van der Waals surface area contributed by atoms with Gasteiger partial charge in [0.1, 0.15) is 0 Å². The van der Waals surface area contributed by atoms with Crippen LogP contribution >= 0.6 is 0 Å². The number of carbonyl (C=O) groups is 1. The van der Waals surface area contributed by atoms with Crippen LogP contribution in [0.1, 0.15) is 37.7 Å². The number of piperidine rings is 1. The predicted molar refractivity (Wildman–Crippen MR) is 111 cm³/mol. The van der Waals surface area contributed by atoms with Crippen LogP contribution in [0.4, 0.5) is 0 Å². The minimum absolute atomic E-state index is 0.216. The molecule has 0 aromatic heterocycles. The number of rotatable bonds is 8. The lowest BCUT2D eigenvalue weighted by Crippen LogP contribution is -2.40. The number of nitrogens with one attached hydrogen (secondary N) is 1. The van der Waals surface area contributed by atoms with Crippen LogP contribution in [0, 0.1) is 11.8 Å². The van der Waals surface area contributed by atoms with Gasteiger partial charge in [-0.2, -0.15) is 0 Å². The summed E-state index contributed by atoms with van der Waals surface area (Å²) in [6.45, 7) is 1.57. The Balaban J connectivity index is 1.49. The molecule has 3 rings (SSSR count). The molecule has 3 heteroatoms. The number of allylic oxidation sites excluding steroid dienone is 1. The minimum atomic E-state index is -0.649. The third kappa shape index (κ3) is 5.54. The number of aliphatic carboxylic acids is 1. The highest BCUT2D eigenvalue weighted by molar-refractivity contribution is 5.75. The van der Waals surface area contributed by atoms with Crippen LogP contribution < -0.4 is 5.32 Å². The molecule has 2 atom stereocenters. The number of hydrogen-bond acceptors (Lipinski definition) is 2. The van der Waals surface area contributed by atoms with E-state index in [0.29, 0.717) is 12.5 Å². The Bertz CT molecular complexity index is 754. The van der Waals surface area contributed by atoms with Gasteiger partial charge in [0, 0.05) is 6.54 Å². The number of carboxylic acid groups (broad SMARTS) is 1. The van der Waals surface area contributed by atoms with Gasteiger partial charge in [0.15, 0.2) is 0 Å². The highest BCUT2D eigenvalue weighted by atomic mass is 16.4. The maximum atomic E-state index is 11.4. The van der Waals surface area contributed by atoms with E-state index in [-0.39, 0.29) is 5.92 Å². The van der Waals surface area contributed by atoms with E-state index in [1.807, 2.05) is 6.07 Å². The zero-order valence-electron chi connectivity index (χ0n) is 15.8. The Labute approximate surface area is 162 Å². The number of hydrogen-bond donors (Lipinski definition) is 2. The zero-order chi connectivity index (χ0) is 18.9. The normalized spacial score (nSPS) is 20.0. The smallest absolute Gasteiger partial charge is 0.308 e. The number of carboxylic acids is 1. The van der Waals surface area contributed by atoms with Crippen molar-refractivity contribution in [1.82, 2.24) is 5.32 Å². The summed E-state index contributed by atoms with van der Waals surface area (Å²) in [5.41, 5.74) is 3.74. The fraction of sp³-hybridized carbons (Fsp3) is 0.375. The second-order valence-electron chi connectivity index (χ2n) is 7.34. The first kappa shape index (κ1) is 19.4. The lowest BCUT2D eigenvalue weighted by molar-refractivity contribution is -0.144. The third-order valence-electron chi connectivity index (χ3n) is 5.48. The standard InChI is InChI=1S/C24H29NO2/c26-24(27)23-18-25-17-16-21(23)13-5-2-1-4-10-20-14-8-9-15-22(20)19-11-6-3-7-12-19/h3-4,6-12,14-15,21,23,25H,1-2,5,13,16-18H2,(H,26,27)/b10-4+/t21-,23-/m0/s1. The zero-order valence-corrected chi connectivity index (χ0v) is 15.8. The first-order valence-electron chi connectivity index (χ1n) is 10.00. The van der Waals surface area contributed by atoms with Crippen molar-refractivity contribution in [3.05, 3.63) is 66.2 Å². The first-order chi connectivity index (χ1) is 13.3. The Hall–Kier alpha value is -2.39. The van der Waals surface area contributed by atoms with E-state index in [0.717, 1.165) is 38.6 Å². The Morgan fingerprint density at radius 2 is 1.85 bits per heavy atom. The van der Waals surface area contributed by atoms with Gasteiger partial charge in [-0.05, 0) is 54.8 Å². The van der Waals surface area contributed by atoms with Gasteiger partial charge in [-0.3, -0.25) is 4.79 Å². The molecule has 0 unspecified atom stereocenters. The van der Waals surface area contributed by atoms with Crippen LogP contribution in [0.3, 0.4) is 0 Å². The van der Waals surface area contributed by atoms with Crippen molar-refractivity contribution in [2.75, 3.05) is 13.1 Å². The summed E-state index contributed by atoms with van der Waals surface area (Å²) in [6.07, 6.45) is 9.71. The SMILES string of the molecule is O=C(O)[C@H]1CNCC[C@@H]1CCCC/C=C/c1ccccc1-c1ccccc1. The van der Waals surface area contributed by atoms with E-state index < -0.39 is 5.97 Å². The Kier molecular flexibility index (Phi) is 7.23. The molecule has 3 nitrogen and oxygen atoms in total. The molecule has 0 radical (unpaired) electrons. The highest BCUT2D eigenvalue weighted by Crippen LogP contribution is 2.26. The molecule has 27 heavy (non-hydrogen) atoms. The topological polar surface area (TPSA) is 49.3 Å². The molecule has 1 aliphatic rings. The van der Waals surface area contributed by atoms with Crippen LogP contribution in [-0.2, 0) is 4.79 Å². The summed E-state index contributed by atoms with van der Waals surface area (Å²) in [7, 11) is 0. The second-order valence-corrected chi connectivity index (χ2v) is 7.34. The molecule has 2 aromatic rings. The third-order valence-corrected chi connectivity index (χ3v) is 5.48. The summed E-state index contributed by atoms with van der Waals surface area (Å²) < 4.78 is 0. The van der Waals surface area contributed by atoms with Crippen molar-refractivity contribution in [1.29, 1.82) is 0 Å². The van der Waals surface area contributed by atoms with Gasteiger partial charge in [-0.25, -0.2) is 0 Å². The molecule has 1 aliphatic heterocycles. The Morgan fingerprint density at radius 3 is 2.67 bits per heavy atom. The van der Waals surface area contributed by atoms with Crippen LogP contribution in [0.15, 0.2) is 60.7 Å². The average molecular weight is 364 g/mol. The molecule has 1 saturated heterocycles. The van der Waals surface area contributed by atoms with Gasteiger partial charge in [-0.1, -0.05) is 73.2 Å². The minimum Gasteiger partial charge on any atom is -0.481 e. The molecule has 2 N–H and O–H groups in total. The first-order valence-corrected chi connectivity index (χ1v) is 10.00. The van der Waals surface area contributed by atoms with Crippen LogP contribution in [-0.4, -0.2) is 24.2 Å². The molecule has 0 bridgehead atoms. The van der Waals surface area contributed by atoms with Gasteiger partial charge in [-0.15, -0.1) is 0 Å². The maximum absolute atomic E-state index is 11.4. The highest BCUT2D eigenvalue weighted by Gasteiger charge is 2.29. The molecular weight excluding hydrogens is 334 g/mol. The van der Waals surface area contributed by atoms with Gasteiger partial charge >= 0.3 is 5.97 Å². The van der Waals surface area contributed by atoms with Gasteiger partial charge < -0.3 is 10.4 Å². The molecule has 0 spiro atoms. The van der Waals surface area contributed by atoms with Gasteiger partial charge in [0.2, 0.25) is 0 Å². The van der Waals surface area contributed by atoms with Crippen molar-refractivity contribution in [3.63, 3.8) is 0 Å². The predicted octanol–water partition coefficient (Wildman–Crippen LogP) is 5.24. The summed E-state index contributed by atoms with van der Waals surface area (Å²) in [6, 6.07) is 19.0. The second kappa shape index (κ2) is 10.1. The largest absolute Gasteiger partial charge is 0.481 e. The lowest BCUT2D eigenvalue weighted by Gasteiger charge is -2.29. The van der Waals surface area contributed by atoms with Crippen molar-refractivity contribution >= 4 is 12.0 Å². The molecular formula is C24H29NO2. The summed E-state index contributed by atoms with van der Waals surface area (Å²) >= 11 is 0. The van der Waals surface area contributed by atoms with Crippen LogP contribution in [0.25, 0.3) is 17.2 Å². The summed E-state index contributed by atoms with van der Waals surface area (Å²) in [4.78, 5) is 11.4. The molecule has 1 heterocycles. The van der Waals surface area contributed by atoms with Gasteiger partial charge in [0.05, 0.1) is 5.92 Å². The van der Waals surface area contributed by atoms with E-state index in [4.69, 9.17) is 0 Å². The van der Waals surface area contributed by atoms with E-state index in [2.05, 4.69) is 66.0 Å². The lowest BCUT2D eigenvalue weighted by atomic mass is 9.83. The van der Waals surface area contributed by atoms with E-state index >= 15 is 0 Å². The number of unbranched alkanes of at least 4 members (excludes halogenated alkanes) is 2. The van der Waals surface area contributed by atoms with E-state index in [9.17, 15) is 9.90 Å². The molecule has 142 valence electrons.